The van der Waals surface area contributed by atoms with Gasteiger partial charge in [0.15, 0.2) is 0 Å². The lowest BCUT2D eigenvalue weighted by atomic mass is 9.89. The van der Waals surface area contributed by atoms with Crippen molar-refractivity contribution in [2.24, 2.45) is 11.1 Å². The van der Waals surface area contributed by atoms with Crippen LogP contribution in [0.25, 0.3) is 0 Å². The largest absolute Gasteiger partial charge is 0.345 e. The molecule has 3 nitrogen and oxygen atoms in total. The van der Waals surface area contributed by atoms with Gasteiger partial charge < -0.3 is 10.6 Å². The molecule has 1 aromatic carbocycles. The van der Waals surface area contributed by atoms with E-state index in [0.29, 0.717) is 19.5 Å². The molecule has 0 saturated carbocycles. The molecule has 116 valence electrons. The average molecular weight is 288 g/mol. The van der Waals surface area contributed by atoms with Crippen molar-refractivity contribution in [2.45, 2.75) is 46.0 Å². The quantitative estimate of drug-likeness (QED) is 0.905. The second kappa shape index (κ2) is 6.61. The van der Waals surface area contributed by atoms with Crippen molar-refractivity contribution in [3.8, 4) is 0 Å². The van der Waals surface area contributed by atoms with E-state index in [1.54, 1.807) is 0 Å². The van der Waals surface area contributed by atoms with Crippen molar-refractivity contribution in [3.05, 3.63) is 34.9 Å². The highest BCUT2D eigenvalue weighted by Gasteiger charge is 2.21. The number of carbonyl (C=O) groups is 1. The van der Waals surface area contributed by atoms with Crippen molar-refractivity contribution in [2.75, 3.05) is 20.1 Å². The summed E-state index contributed by atoms with van der Waals surface area (Å²) in [6.45, 7) is 5.47. The zero-order chi connectivity index (χ0) is 15.5. The summed E-state index contributed by atoms with van der Waals surface area (Å²) in [5.74, 6) is 0.173. The van der Waals surface area contributed by atoms with E-state index in [1.165, 1.54) is 30.4 Å². The Labute approximate surface area is 128 Å². The summed E-state index contributed by atoms with van der Waals surface area (Å²) in [5.41, 5.74) is 9.76. The maximum atomic E-state index is 12.4. The van der Waals surface area contributed by atoms with E-state index in [9.17, 15) is 4.79 Å². The lowest BCUT2D eigenvalue weighted by molar-refractivity contribution is -0.130. The second-order valence-corrected chi connectivity index (χ2v) is 7.11. The molecule has 3 heteroatoms. The summed E-state index contributed by atoms with van der Waals surface area (Å²) in [7, 11) is 1.87. The first kappa shape index (κ1) is 16.0. The van der Waals surface area contributed by atoms with Crippen LogP contribution in [0, 0.1) is 5.41 Å². The zero-order valence-corrected chi connectivity index (χ0v) is 13.6. The fraction of sp³-hybridized carbons (Fsp3) is 0.611. The van der Waals surface area contributed by atoms with Crippen molar-refractivity contribution >= 4 is 5.91 Å². The van der Waals surface area contributed by atoms with Crippen LogP contribution in [0.1, 0.15) is 43.4 Å². The molecule has 21 heavy (non-hydrogen) atoms. The molecule has 0 heterocycles. The smallest absolute Gasteiger partial charge is 0.226 e. The normalized spacial score (nSPS) is 14.7. The Kier molecular flexibility index (Phi) is 5.04. The summed E-state index contributed by atoms with van der Waals surface area (Å²) in [4.78, 5) is 14.2. The molecule has 1 aliphatic carbocycles. The number of nitrogens with zero attached hydrogens (tertiary/aromatic N) is 1. The number of aryl methyl sites for hydroxylation is 2. The van der Waals surface area contributed by atoms with E-state index in [4.69, 9.17) is 5.73 Å². The lowest BCUT2D eigenvalue weighted by Gasteiger charge is -2.29. The van der Waals surface area contributed by atoms with Crippen LogP contribution in [-0.4, -0.2) is 30.9 Å². The van der Waals surface area contributed by atoms with Gasteiger partial charge in [0.1, 0.15) is 0 Å². The van der Waals surface area contributed by atoms with Crippen LogP contribution in [0.3, 0.4) is 0 Å². The number of hydrogen-bond acceptors (Lipinski definition) is 2. The van der Waals surface area contributed by atoms with Crippen LogP contribution in [0.4, 0.5) is 0 Å². The van der Waals surface area contributed by atoms with Crippen LogP contribution in [0.5, 0.6) is 0 Å². The molecule has 0 aromatic heterocycles. The highest BCUT2D eigenvalue weighted by atomic mass is 16.2. The van der Waals surface area contributed by atoms with Crippen LogP contribution < -0.4 is 5.73 Å². The number of carbonyl (C=O) groups excluding carboxylic acids is 1. The van der Waals surface area contributed by atoms with Gasteiger partial charge in [-0.15, -0.1) is 0 Å². The maximum Gasteiger partial charge on any atom is 0.226 e. The minimum absolute atomic E-state index is 0.0275. The van der Waals surface area contributed by atoms with Crippen LogP contribution >= 0.6 is 0 Å². The summed E-state index contributed by atoms with van der Waals surface area (Å²) in [6.07, 6.45) is 5.41. The molecule has 1 aromatic rings. The maximum absolute atomic E-state index is 12.4. The zero-order valence-electron chi connectivity index (χ0n) is 13.6. The molecule has 2 N–H and O–H groups in total. The van der Waals surface area contributed by atoms with Gasteiger partial charge in [-0.2, -0.15) is 0 Å². The molecule has 0 atom stereocenters. The Morgan fingerprint density at radius 1 is 1.24 bits per heavy atom. The molecule has 0 radical (unpaired) electrons. The van der Waals surface area contributed by atoms with Crippen LogP contribution in [-0.2, 0) is 24.1 Å². The fourth-order valence-corrected chi connectivity index (χ4v) is 3.00. The van der Waals surface area contributed by atoms with Crippen molar-refractivity contribution in [1.82, 2.24) is 4.90 Å². The second-order valence-electron chi connectivity index (χ2n) is 7.11. The standard InChI is InChI=1S/C18H28N2O/c1-18(2,12-19)13-20(3)17(21)11-14-8-9-15-6-4-5-7-16(15)10-14/h8-10H,4-7,11-13,19H2,1-3H3. The number of nitrogens with two attached hydrogens (primary N) is 1. The summed E-state index contributed by atoms with van der Waals surface area (Å²) in [6, 6.07) is 6.55. The Morgan fingerprint density at radius 2 is 1.90 bits per heavy atom. The molecule has 0 bridgehead atoms. The van der Waals surface area contributed by atoms with E-state index < -0.39 is 0 Å². The van der Waals surface area contributed by atoms with Crippen molar-refractivity contribution in [1.29, 1.82) is 0 Å². The third kappa shape index (κ3) is 4.31. The van der Waals surface area contributed by atoms with Gasteiger partial charge in [0.2, 0.25) is 5.91 Å². The minimum Gasteiger partial charge on any atom is -0.345 e. The van der Waals surface area contributed by atoms with Gasteiger partial charge in [-0.05, 0) is 54.3 Å². The molecule has 0 saturated heterocycles. The molecular weight excluding hydrogens is 260 g/mol. The van der Waals surface area contributed by atoms with E-state index in [0.717, 1.165) is 12.0 Å². The highest BCUT2D eigenvalue weighted by Crippen LogP contribution is 2.23. The van der Waals surface area contributed by atoms with Gasteiger partial charge in [-0.25, -0.2) is 0 Å². The van der Waals surface area contributed by atoms with Gasteiger partial charge in [0.25, 0.3) is 0 Å². The minimum atomic E-state index is -0.0275. The van der Waals surface area contributed by atoms with Crippen LogP contribution in [0.15, 0.2) is 18.2 Å². The Hall–Kier alpha value is -1.35. The fourth-order valence-electron chi connectivity index (χ4n) is 3.00. The summed E-state index contributed by atoms with van der Waals surface area (Å²) < 4.78 is 0. The first-order chi connectivity index (χ1) is 9.91. The SMILES string of the molecule is CN(CC(C)(C)CN)C(=O)Cc1ccc2c(c1)CCCC2. The number of likely N-dealkylation sites (N-methyl/N-ethyl adjacent to an activating group) is 1. The lowest BCUT2D eigenvalue weighted by Crippen LogP contribution is -2.40. The van der Waals surface area contributed by atoms with E-state index in [2.05, 4.69) is 32.0 Å². The first-order valence-electron chi connectivity index (χ1n) is 7.96. The third-order valence-corrected chi connectivity index (χ3v) is 4.41. The van der Waals surface area contributed by atoms with Gasteiger partial charge in [0, 0.05) is 13.6 Å². The van der Waals surface area contributed by atoms with Crippen molar-refractivity contribution in [3.63, 3.8) is 0 Å². The monoisotopic (exact) mass is 288 g/mol. The number of rotatable bonds is 5. The molecule has 1 amide bonds. The van der Waals surface area contributed by atoms with E-state index in [1.807, 2.05) is 11.9 Å². The predicted octanol–water partition coefficient (Wildman–Crippen LogP) is 2.55. The number of hydrogen-bond donors (Lipinski definition) is 1. The molecule has 0 aliphatic heterocycles. The predicted molar refractivity (Wildman–Crippen MR) is 87.3 cm³/mol. The van der Waals surface area contributed by atoms with E-state index >= 15 is 0 Å². The Bertz CT molecular complexity index is 508. The Balaban J connectivity index is 1.99. The molecule has 1 aliphatic rings. The number of amides is 1. The van der Waals surface area contributed by atoms with Gasteiger partial charge in [-0.1, -0.05) is 32.0 Å². The number of fused-ring (bicyclic) bond motifs is 1. The number of benzene rings is 1. The first-order valence-corrected chi connectivity index (χ1v) is 7.96. The molecule has 0 unspecified atom stereocenters. The highest BCUT2D eigenvalue weighted by molar-refractivity contribution is 5.78. The van der Waals surface area contributed by atoms with Gasteiger partial charge >= 0.3 is 0 Å². The third-order valence-electron chi connectivity index (χ3n) is 4.41. The van der Waals surface area contributed by atoms with Crippen molar-refractivity contribution < 1.29 is 4.79 Å². The molecule has 0 spiro atoms. The Morgan fingerprint density at radius 3 is 2.57 bits per heavy atom. The topological polar surface area (TPSA) is 46.3 Å². The van der Waals surface area contributed by atoms with Crippen LogP contribution in [0.2, 0.25) is 0 Å². The van der Waals surface area contributed by atoms with Gasteiger partial charge in [0.05, 0.1) is 6.42 Å². The molecule has 0 fully saturated rings. The summed E-state index contributed by atoms with van der Waals surface area (Å²) in [5, 5.41) is 0. The van der Waals surface area contributed by atoms with Gasteiger partial charge in [-0.3, -0.25) is 4.79 Å². The molecule has 2 rings (SSSR count). The average Bonchev–Trinajstić information content (AvgIpc) is 2.46. The molecular formula is C18H28N2O. The summed E-state index contributed by atoms with van der Waals surface area (Å²) >= 11 is 0. The van der Waals surface area contributed by atoms with E-state index in [-0.39, 0.29) is 11.3 Å².